The first kappa shape index (κ1) is 19.5. The van der Waals surface area contributed by atoms with E-state index < -0.39 is 0 Å². The molecule has 0 aliphatic rings. The first-order valence-corrected chi connectivity index (χ1v) is 6.91. The number of likely N-dealkylation sites (N-methyl/N-ethyl adjacent to an activating group) is 1. The van der Waals surface area contributed by atoms with E-state index in [1.807, 2.05) is 24.3 Å². The van der Waals surface area contributed by atoms with E-state index in [2.05, 4.69) is 34.5 Å². The zero-order chi connectivity index (χ0) is 14.1. The molecule has 0 radical (unpaired) electrons. The van der Waals surface area contributed by atoms with Crippen LogP contribution < -0.4 is 10.6 Å². The molecule has 4 nitrogen and oxygen atoms in total. The highest BCUT2D eigenvalue weighted by molar-refractivity contribution is 14.0. The van der Waals surface area contributed by atoms with Gasteiger partial charge in [-0.3, -0.25) is 4.99 Å². The molecule has 1 aromatic rings. The zero-order valence-electron chi connectivity index (χ0n) is 12.3. The Morgan fingerprint density at radius 1 is 1.30 bits per heavy atom. The fourth-order valence-electron chi connectivity index (χ4n) is 1.56. The average molecular weight is 411 g/mol. The maximum Gasteiger partial charge on any atom is 0.191 e. The Morgan fingerprint density at radius 2 is 2.00 bits per heavy atom. The fraction of sp³-hybridized carbons (Fsp3) is 0.500. The third kappa shape index (κ3) is 7.31. The van der Waals surface area contributed by atoms with E-state index in [0.717, 1.165) is 36.2 Å². The van der Waals surface area contributed by atoms with Crippen molar-refractivity contribution in [2.24, 2.45) is 4.99 Å². The molecule has 0 aromatic heterocycles. The van der Waals surface area contributed by atoms with Gasteiger partial charge in [-0.1, -0.05) is 36.7 Å². The standard InChI is InChI=1S/C14H23ClN4.HI/c1-4-19(3)10-9-17-14(16-2)18-11-12-7-5-6-8-13(12)15;/h5-8H,4,9-11H2,1-3H3,(H2,16,17,18);1H. The molecule has 0 spiro atoms. The van der Waals surface area contributed by atoms with Gasteiger partial charge in [0.1, 0.15) is 0 Å². The van der Waals surface area contributed by atoms with Gasteiger partial charge >= 0.3 is 0 Å². The van der Waals surface area contributed by atoms with Crippen molar-refractivity contribution in [2.45, 2.75) is 13.5 Å². The lowest BCUT2D eigenvalue weighted by atomic mass is 10.2. The Morgan fingerprint density at radius 3 is 2.60 bits per heavy atom. The number of halogens is 2. The Bertz CT molecular complexity index is 412. The van der Waals surface area contributed by atoms with Gasteiger partial charge in [0.15, 0.2) is 5.96 Å². The fourth-order valence-corrected chi connectivity index (χ4v) is 1.77. The zero-order valence-corrected chi connectivity index (χ0v) is 15.4. The average Bonchev–Trinajstić information content (AvgIpc) is 2.43. The van der Waals surface area contributed by atoms with Crippen LogP contribution >= 0.6 is 35.6 Å². The maximum absolute atomic E-state index is 6.11. The molecule has 0 aliphatic heterocycles. The summed E-state index contributed by atoms with van der Waals surface area (Å²) in [7, 11) is 3.87. The van der Waals surface area contributed by atoms with E-state index >= 15 is 0 Å². The smallest absolute Gasteiger partial charge is 0.191 e. The van der Waals surface area contributed by atoms with Crippen molar-refractivity contribution in [3.8, 4) is 0 Å². The second kappa shape index (κ2) is 11.2. The van der Waals surface area contributed by atoms with Gasteiger partial charge in [-0.2, -0.15) is 0 Å². The van der Waals surface area contributed by atoms with Gasteiger partial charge in [0.25, 0.3) is 0 Å². The summed E-state index contributed by atoms with van der Waals surface area (Å²) in [5, 5.41) is 7.31. The molecule has 0 bridgehead atoms. The predicted molar refractivity (Wildman–Crippen MR) is 98.2 cm³/mol. The summed E-state index contributed by atoms with van der Waals surface area (Å²) in [5.74, 6) is 0.796. The van der Waals surface area contributed by atoms with Crippen molar-refractivity contribution in [1.29, 1.82) is 0 Å². The van der Waals surface area contributed by atoms with E-state index in [0.29, 0.717) is 6.54 Å². The van der Waals surface area contributed by atoms with Crippen molar-refractivity contribution in [1.82, 2.24) is 15.5 Å². The van der Waals surface area contributed by atoms with Crippen LogP contribution in [0, 0.1) is 0 Å². The number of hydrogen-bond acceptors (Lipinski definition) is 2. The molecule has 0 heterocycles. The molecule has 0 saturated heterocycles. The lowest BCUT2D eigenvalue weighted by molar-refractivity contribution is 0.357. The van der Waals surface area contributed by atoms with Crippen molar-refractivity contribution >= 4 is 41.5 Å². The number of guanidine groups is 1. The van der Waals surface area contributed by atoms with Gasteiger partial charge in [-0.15, -0.1) is 24.0 Å². The first-order valence-electron chi connectivity index (χ1n) is 6.53. The summed E-state index contributed by atoms with van der Waals surface area (Å²) in [6, 6.07) is 7.81. The van der Waals surface area contributed by atoms with Gasteiger partial charge in [-0.05, 0) is 25.2 Å². The van der Waals surface area contributed by atoms with Crippen molar-refractivity contribution in [2.75, 3.05) is 33.7 Å². The van der Waals surface area contributed by atoms with Crippen molar-refractivity contribution < 1.29 is 0 Å². The molecule has 0 saturated carbocycles. The van der Waals surface area contributed by atoms with Crippen LogP contribution in [0.4, 0.5) is 0 Å². The summed E-state index contributed by atoms with van der Waals surface area (Å²) < 4.78 is 0. The highest BCUT2D eigenvalue weighted by atomic mass is 127. The van der Waals surface area contributed by atoms with Crippen LogP contribution in [0.3, 0.4) is 0 Å². The quantitative estimate of drug-likeness (QED) is 0.430. The number of aliphatic imine (C=N–C) groups is 1. The summed E-state index contributed by atoms with van der Waals surface area (Å²) in [6.07, 6.45) is 0. The van der Waals surface area contributed by atoms with Crippen LogP contribution in [0.2, 0.25) is 5.02 Å². The minimum atomic E-state index is 0. The maximum atomic E-state index is 6.11. The lowest BCUT2D eigenvalue weighted by Gasteiger charge is -2.16. The molecule has 1 rings (SSSR count). The molecular weight excluding hydrogens is 387 g/mol. The topological polar surface area (TPSA) is 39.7 Å². The number of rotatable bonds is 6. The Hall–Kier alpha value is -0.530. The highest BCUT2D eigenvalue weighted by Gasteiger charge is 2.01. The summed E-state index contributed by atoms with van der Waals surface area (Å²) >= 11 is 6.11. The van der Waals surface area contributed by atoms with E-state index in [-0.39, 0.29) is 24.0 Å². The van der Waals surface area contributed by atoms with Gasteiger partial charge in [-0.25, -0.2) is 0 Å². The molecule has 0 fully saturated rings. The third-order valence-electron chi connectivity index (χ3n) is 2.95. The van der Waals surface area contributed by atoms with E-state index in [4.69, 9.17) is 11.6 Å². The van der Waals surface area contributed by atoms with Crippen molar-refractivity contribution in [3.63, 3.8) is 0 Å². The molecule has 114 valence electrons. The second-order valence-electron chi connectivity index (χ2n) is 4.34. The van der Waals surface area contributed by atoms with Crippen LogP contribution in [0.5, 0.6) is 0 Å². The molecular formula is C14H24ClIN4. The molecule has 20 heavy (non-hydrogen) atoms. The van der Waals surface area contributed by atoms with Crippen LogP contribution in [0.25, 0.3) is 0 Å². The van der Waals surface area contributed by atoms with Gasteiger partial charge in [0.05, 0.1) is 0 Å². The Balaban J connectivity index is 0.00000361. The van der Waals surface area contributed by atoms with Crippen LogP contribution in [-0.4, -0.2) is 44.6 Å². The summed E-state index contributed by atoms with van der Waals surface area (Å²) in [5.41, 5.74) is 1.07. The monoisotopic (exact) mass is 410 g/mol. The molecule has 0 amide bonds. The van der Waals surface area contributed by atoms with Gasteiger partial charge in [0.2, 0.25) is 0 Å². The minimum absolute atomic E-state index is 0. The number of benzene rings is 1. The molecule has 1 aromatic carbocycles. The number of nitrogens with zero attached hydrogens (tertiary/aromatic N) is 2. The predicted octanol–water partition coefficient (Wildman–Crippen LogP) is 2.57. The normalized spacial score (nSPS) is 11.2. The van der Waals surface area contributed by atoms with E-state index in [1.165, 1.54) is 0 Å². The van der Waals surface area contributed by atoms with Crippen LogP contribution in [0.15, 0.2) is 29.3 Å². The second-order valence-corrected chi connectivity index (χ2v) is 4.75. The molecule has 2 N–H and O–H groups in total. The Kier molecular flexibility index (Phi) is 10.9. The minimum Gasteiger partial charge on any atom is -0.355 e. The highest BCUT2D eigenvalue weighted by Crippen LogP contribution is 2.13. The number of hydrogen-bond donors (Lipinski definition) is 2. The third-order valence-corrected chi connectivity index (χ3v) is 3.32. The van der Waals surface area contributed by atoms with Gasteiger partial charge in [0, 0.05) is 31.7 Å². The molecule has 0 aliphatic carbocycles. The van der Waals surface area contributed by atoms with Crippen molar-refractivity contribution in [3.05, 3.63) is 34.9 Å². The SMILES string of the molecule is CCN(C)CCNC(=NC)NCc1ccccc1Cl.I. The number of nitrogens with one attached hydrogen (secondary N) is 2. The lowest BCUT2D eigenvalue weighted by Crippen LogP contribution is -2.40. The van der Waals surface area contributed by atoms with E-state index in [9.17, 15) is 0 Å². The first-order chi connectivity index (χ1) is 9.17. The van der Waals surface area contributed by atoms with Crippen LogP contribution in [0.1, 0.15) is 12.5 Å². The summed E-state index contributed by atoms with van der Waals surface area (Å²) in [4.78, 5) is 6.43. The molecule has 0 unspecified atom stereocenters. The largest absolute Gasteiger partial charge is 0.355 e. The van der Waals surface area contributed by atoms with Gasteiger partial charge < -0.3 is 15.5 Å². The van der Waals surface area contributed by atoms with E-state index in [1.54, 1.807) is 7.05 Å². The molecule has 6 heteroatoms. The Labute approximate surface area is 144 Å². The van der Waals surface area contributed by atoms with Crippen LogP contribution in [-0.2, 0) is 6.54 Å². The summed E-state index contributed by atoms with van der Waals surface area (Å²) in [6.45, 7) is 5.72. The molecule has 0 atom stereocenters.